The maximum absolute atomic E-state index is 13.1. The molecule has 2 saturated carbocycles. The minimum Gasteiger partial charge on any atom is -0.489 e. The number of rotatable bonds is 10. The SMILES string of the molecule is COCCOc1ccc(C(F)(F)F)cc1NC(=O)CSc1nnc(C2CC2)n1C1CC1. The number of methoxy groups -OCH3 is 1. The van der Waals surface area contributed by atoms with Crippen molar-refractivity contribution in [1.82, 2.24) is 14.8 Å². The maximum Gasteiger partial charge on any atom is 0.416 e. The van der Waals surface area contributed by atoms with Gasteiger partial charge in [0, 0.05) is 19.1 Å². The third kappa shape index (κ3) is 5.51. The molecule has 11 heteroatoms. The Hall–Kier alpha value is -2.27. The highest BCUT2D eigenvalue weighted by Crippen LogP contribution is 2.46. The quantitative estimate of drug-likeness (QED) is 0.425. The Bertz CT molecular complexity index is 942. The zero-order valence-corrected chi connectivity index (χ0v) is 17.8. The van der Waals surface area contributed by atoms with E-state index >= 15 is 0 Å². The van der Waals surface area contributed by atoms with Crippen LogP contribution in [0.2, 0.25) is 0 Å². The van der Waals surface area contributed by atoms with Gasteiger partial charge < -0.3 is 19.4 Å². The molecule has 2 aromatic rings. The molecule has 0 bridgehead atoms. The largest absolute Gasteiger partial charge is 0.489 e. The molecule has 0 radical (unpaired) electrons. The number of alkyl halides is 3. The van der Waals surface area contributed by atoms with Crippen molar-refractivity contribution < 1.29 is 27.4 Å². The van der Waals surface area contributed by atoms with Crippen LogP contribution in [0.3, 0.4) is 0 Å². The first-order valence-electron chi connectivity index (χ1n) is 10.1. The fourth-order valence-corrected chi connectivity index (χ4v) is 3.98. The van der Waals surface area contributed by atoms with Crippen LogP contribution in [0, 0.1) is 0 Å². The zero-order chi connectivity index (χ0) is 22.0. The first-order chi connectivity index (χ1) is 14.9. The van der Waals surface area contributed by atoms with E-state index in [9.17, 15) is 18.0 Å². The second-order valence-electron chi connectivity index (χ2n) is 7.60. The number of nitrogens with zero attached hydrogens (tertiary/aromatic N) is 3. The van der Waals surface area contributed by atoms with Crippen LogP contribution in [-0.2, 0) is 15.7 Å². The molecule has 0 spiro atoms. The zero-order valence-electron chi connectivity index (χ0n) is 16.9. The summed E-state index contributed by atoms with van der Waals surface area (Å²) in [6, 6.07) is 3.39. The van der Waals surface area contributed by atoms with Crippen molar-refractivity contribution in [2.75, 3.05) is 31.4 Å². The second kappa shape index (κ2) is 9.07. The molecule has 1 heterocycles. The summed E-state index contributed by atoms with van der Waals surface area (Å²) in [5.74, 6) is 1.15. The third-order valence-electron chi connectivity index (χ3n) is 5.00. The average Bonchev–Trinajstić information content (AvgIpc) is 3.65. The van der Waals surface area contributed by atoms with E-state index in [-0.39, 0.29) is 30.4 Å². The van der Waals surface area contributed by atoms with Gasteiger partial charge in [0.25, 0.3) is 0 Å². The van der Waals surface area contributed by atoms with Gasteiger partial charge in [-0.3, -0.25) is 4.79 Å². The van der Waals surface area contributed by atoms with Gasteiger partial charge in [-0.25, -0.2) is 0 Å². The van der Waals surface area contributed by atoms with E-state index in [0.717, 1.165) is 43.6 Å². The molecular weight excluding hydrogens is 433 g/mol. The Balaban J connectivity index is 1.44. The number of carbonyl (C=O) groups is 1. The van der Waals surface area contributed by atoms with Gasteiger partial charge in [-0.05, 0) is 43.9 Å². The summed E-state index contributed by atoms with van der Waals surface area (Å²) < 4.78 is 51.8. The topological polar surface area (TPSA) is 78.3 Å². The van der Waals surface area contributed by atoms with E-state index in [0.29, 0.717) is 17.1 Å². The lowest BCUT2D eigenvalue weighted by molar-refractivity contribution is -0.137. The van der Waals surface area contributed by atoms with Crippen LogP contribution in [0.4, 0.5) is 18.9 Å². The van der Waals surface area contributed by atoms with Crippen molar-refractivity contribution in [2.24, 2.45) is 0 Å². The van der Waals surface area contributed by atoms with E-state index in [2.05, 4.69) is 20.1 Å². The first-order valence-corrected chi connectivity index (χ1v) is 11.1. The standard InChI is InChI=1S/C20H23F3N4O3S/c1-29-8-9-30-16-7-4-13(20(21,22)23)10-15(16)24-17(28)11-31-19-26-25-18(12-2-3-12)27(19)14-5-6-14/h4,7,10,12,14H,2-3,5-6,8-9,11H2,1H3,(H,24,28). The molecule has 0 aliphatic heterocycles. The van der Waals surface area contributed by atoms with E-state index in [1.807, 2.05) is 0 Å². The summed E-state index contributed by atoms with van der Waals surface area (Å²) >= 11 is 1.24. The van der Waals surface area contributed by atoms with Crippen molar-refractivity contribution in [3.63, 3.8) is 0 Å². The van der Waals surface area contributed by atoms with Crippen LogP contribution in [0.15, 0.2) is 23.4 Å². The summed E-state index contributed by atoms with van der Waals surface area (Å²) in [6.45, 7) is 0.415. The Morgan fingerprint density at radius 3 is 2.65 bits per heavy atom. The number of halogens is 3. The van der Waals surface area contributed by atoms with Crippen LogP contribution in [-0.4, -0.2) is 46.7 Å². The van der Waals surface area contributed by atoms with Crippen LogP contribution in [0.1, 0.15) is 49.0 Å². The Morgan fingerprint density at radius 2 is 2.00 bits per heavy atom. The molecule has 1 N–H and O–H groups in total. The minimum atomic E-state index is -4.53. The van der Waals surface area contributed by atoms with Crippen LogP contribution in [0.25, 0.3) is 0 Å². The molecule has 0 atom stereocenters. The molecule has 0 unspecified atom stereocenters. The van der Waals surface area contributed by atoms with E-state index in [1.165, 1.54) is 24.9 Å². The number of carbonyl (C=O) groups excluding carboxylic acids is 1. The molecule has 0 saturated heterocycles. The summed E-state index contributed by atoms with van der Waals surface area (Å²) in [4.78, 5) is 12.5. The normalized spacial score (nSPS) is 16.4. The number of thioether (sulfide) groups is 1. The van der Waals surface area contributed by atoms with Crippen molar-refractivity contribution in [2.45, 2.75) is 49.0 Å². The predicted octanol–water partition coefficient (Wildman–Crippen LogP) is 4.27. The van der Waals surface area contributed by atoms with E-state index < -0.39 is 17.6 Å². The van der Waals surface area contributed by atoms with E-state index in [4.69, 9.17) is 9.47 Å². The number of hydrogen-bond donors (Lipinski definition) is 1. The molecular formula is C20H23F3N4O3S. The molecule has 2 aliphatic rings. The van der Waals surface area contributed by atoms with Crippen LogP contribution >= 0.6 is 11.8 Å². The smallest absolute Gasteiger partial charge is 0.416 e. The van der Waals surface area contributed by atoms with Crippen molar-refractivity contribution in [3.8, 4) is 5.75 Å². The second-order valence-corrected chi connectivity index (χ2v) is 8.55. The molecule has 1 aromatic heterocycles. The van der Waals surface area contributed by atoms with Gasteiger partial charge in [0.15, 0.2) is 5.16 Å². The predicted molar refractivity (Wildman–Crippen MR) is 108 cm³/mol. The third-order valence-corrected chi connectivity index (χ3v) is 5.95. The number of ether oxygens (including phenoxy) is 2. The van der Waals surface area contributed by atoms with Gasteiger partial charge in [0.05, 0.1) is 23.6 Å². The van der Waals surface area contributed by atoms with Gasteiger partial charge in [0.1, 0.15) is 18.2 Å². The molecule has 1 aromatic carbocycles. The van der Waals surface area contributed by atoms with Gasteiger partial charge in [-0.2, -0.15) is 13.2 Å². The first kappa shape index (κ1) is 21.9. The monoisotopic (exact) mass is 456 g/mol. The fraction of sp³-hybridized carbons (Fsp3) is 0.550. The number of anilines is 1. The summed E-state index contributed by atoms with van der Waals surface area (Å²) in [5.41, 5.74) is -0.893. The molecule has 2 aliphatic carbocycles. The number of nitrogens with one attached hydrogen (secondary N) is 1. The number of aromatic nitrogens is 3. The Morgan fingerprint density at radius 1 is 1.23 bits per heavy atom. The molecule has 2 fully saturated rings. The molecule has 168 valence electrons. The number of amides is 1. The number of hydrogen-bond acceptors (Lipinski definition) is 6. The lowest BCUT2D eigenvalue weighted by Gasteiger charge is -2.15. The minimum absolute atomic E-state index is 0.00325. The van der Waals surface area contributed by atoms with Crippen molar-refractivity contribution in [1.29, 1.82) is 0 Å². The number of benzene rings is 1. The molecule has 1 amide bonds. The van der Waals surface area contributed by atoms with E-state index in [1.54, 1.807) is 0 Å². The van der Waals surface area contributed by atoms with Crippen LogP contribution < -0.4 is 10.1 Å². The van der Waals surface area contributed by atoms with Gasteiger partial charge in [0.2, 0.25) is 5.91 Å². The summed E-state index contributed by atoms with van der Waals surface area (Å²) in [5, 5.41) is 11.8. The van der Waals surface area contributed by atoms with Crippen molar-refractivity contribution in [3.05, 3.63) is 29.6 Å². The lowest BCUT2D eigenvalue weighted by Crippen LogP contribution is -2.17. The van der Waals surface area contributed by atoms with Crippen molar-refractivity contribution >= 4 is 23.4 Å². The Kier molecular flexibility index (Phi) is 6.42. The molecule has 4 rings (SSSR count). The highest BCUT2D eigenvalue weighted by Gasteiger charge is 2.36. The average molecular weight is 456 g/mol. The lowest BCUT2D eigenvalue weighted by atomic mass is 10.1. The maximum atomic E-state index is 13.1. The van der Waals surface area contributed by atoms with Crippen LogP contribution in [0.5, 0.6) is 5.75 Å². The highest BCUT2D eigenvalue weighted by molar-refractivity contribution is 7.99. The highest BCUT2D eigenvalue weighted by atomic mass is 32.2. The van der Waals surface area contributed by atoms with Gasteiger partial charge in [-0.15, -0.1) is 10.2 Å². The van der Waals surface area contributed by atoms with Gasteiger partial charge >= 0.3 is 6.18 Å². The summed E-state index contributed by atoms with van der Waals surface area (Å²) in [7, 11) is 1.49. The molecule has 7 nitrogen and oxygen atoms in total. The molecule has 31 heavy (non-hydrogen) atoms. The Labute approximate surface area is 181 Å². The fourth-order valence-electron chi connectivity index (χ4n) is 3.16. The van der Waals surface area contributed by atoms with Gasteiger partial charge in [-0.1, -0.05) is 11.8 Å². The summed E-state index contributed by atoms with van der Waals surface area (Å²) in [6.07, 6.45) is -0.165.